The van der Waals surface area contributed by atoms with Crippen molar-refractivity contribution in [1.29, 1.82) is 0 Å². The van der Waals surface area contributed by atoms with Crippen molar-refractivity contribution in [2.75, 3.05) is 12.4 Å². The summed E-state index contributed by atoms with van der Waals surface area (Å²) < 4.78 is 11.5. The second kappa shape index (κ2) is 11.8. The number of carbonyl (C=O) groups is 4. The molecule has 4 rings (SSSR count). The lowest BCUT2D eigenvalue weighted by atomic mass is 10.1. The van der Waals surface area contributed by atoms with Crippen LogP contribution in [0, 0.1) is 6.92 Å². The van der Waals surface area contributed by atoms with Crippen molar-refractivity contribution < 1.29 is 38.9 Å². The van der Waals surface area contributed by atoms with Crippen molar-refractivity contribution in [3.8, 4) is 23.0 Å². The van der Waals surface area contributed by atoms with Crippen molar-refractivity contribution in [1.82, 2.24) is 5.32 Å². The molecule has 4 aromatic rings. The molecule has 202 valence electrons. The lowest BCUT2D eigenvalue weighted by Gasteiger charge is -2.13. The molecule has 10 heteroatoms. The lowest BCUT2D eigenvalue weighted by molar-refractivity contribution is 0.0683. The molecule has 10 nitrogen and oxygen atoms in total. The number of hydrogen-bond acceptors (Lipinski definition) is 6. The van der Waals surface area contributed by atoms with Gasteiger partial charge in [0.1, 0.15) is 23.0 Å². The summed E-state index contributed by atoms with van der Waals surface area (Å²) in [4.78, 5) is 48.5. The van der Waals surface area contributed by atoms with Gasteiger partial charge in [0.05, 0.1) is 22.3 Å². The van der Waals surface area contributed by atoms with Crippen LogP contribution in [-0.2, 0) is 0 Å². The average molecular weight is 541 g/mol. The SMILES string of the molecule is CNC(=O)c1cc(Oc2ccc(C(=O)O)c(C(=O)Nc3ccc(Oc4ccc(C)cc4)cc3)c2)ccc1C(=O)O. The third-order valence-corrected chi connectivity index (χ3v) is 5.76. The van der Waals surface area contributed by atoms with E-state index in [1.54, 1.807) is 24.3 Å². The number of hydrogen-bond donors (Lipinski definition) is 4. The molecule has 0 aliphatic carbocycles. The van der Waals surface area contributed by atoms with Gasteiger partial charge in [-0.3, -0.25) is 9.59 Å². The first-order valence-electron chi connectivity index (χ1n) is 11.9. The molecule has 0 unspecified atom stereocenters. The van der Waals surface area contributed by atoms with E-state index in [1.807, 2.05) is 31.2 Å². The van der Waals surface area contributed by atoms with E-state index >= 15 is 0 Å². The van der Waals surface area contributed by atoms with Gasteiger partial charge < -0.3 is 30.3 Å². The van der Waals surface area contributed by atoms with Gasteiger partial charge in [0.15, 0.2) is 0 Å². The molecular weight excluding hydrogens is 516 g/mol. The Morgan fingerprint density at radius 3 is 1.48 bits per heavy atom. The van der Waals surface area contributed by atoms with E-state index in [-0.39, 0.29) is 33.8 Å². The van der Waals surface area contributed by atoms with Gasteiger partial charge in [-0.1, -0.05) is 17.7 Å². The number of carboxylic acid groups (broad SMARTS) is 2. The first-order chi connectivity index (χ1) is 19.1. The van der Waals surface area contributed by atoms with Crippen LogP contribution < -0.4 is 20.1 Å². The molecule has 0 spiro atoms. The van der Waals surface area contributed by atoms with Gasteiger partial charge in [0.25, 0.3) is 11.8 Å². The Bertz CT molecular complexity index is 1600. The molecule has 0 saturated carbocycles. The summed E-state index contributed by atoms with van der Waals surface area (Å²) in [6.07, 6.45) is 0. The Morgan fingerprint density at radius 2 is 1.00 bits per heavy atom. The molecule has 0 fully saturated rings. The molecule has 0 aromatic heterocycles. The van der Waals surface area contributed by atoms with Gasteiger partial charge in [-0.15, -0.1) is 0 Å². The topological polar surface area (TPSA) is 151 Å². The maximum atomic E-state index is 13.1. The Labute approximate surface area is 228 Å². The van der Waals surface area contributed by atoms with E-state index in [4.69, 9.17) is 9.47 Å². The fourth-order valence-corrected chi connectivity index (χ4v) is 3.74. The zero-order valence-corrected chi connectivity index (χ0v) is 21.4. The molecule has 4 N–H and O–H groups in total. The highest BCUT2D eigenvalue weighted by atomic mass is 16.5. The van der Waals surface area contributed by atoms with Crippen LogP contribution in [0.5, 0.6) is 23.0 Å². The second-order valence-corrected chi connectivity index (χ2v) is 8.60. The predicted molar refractivity (Wildman–Crippen MR) is 146 cm³/mol. The van der Waals surface area contributed by atoms with Crippen molar-refractivity contribution in [3.05, 3.63) is 113 Å². The second-order valence-electron chi connectivity index (χ2n) is 8.60. The van der Waals surface area contributed by atoms with Gasteiger partial charge in [-0.2, -0.15) is 0 Å². The molecule has 0 aliphatic rings. The van der Waals surface area contributed by atoms with Gasteiger partial charge in [-0.25, -0.2) is 9.59 Å². The summed E-state index contributed by atoms with van der Waals surface area (Å²) in [7, 11) is 1.36. The summed E-state index contributed by atoms with van der Waals surface area (Å²) in [6.45, 7) is 1.97. The highest BCUT2D eigenvalue weighted by Crippen LogP contribution is 2.28. The number of aromatic carboxylic acids is 2. The van der Waals surface area contributed by atoms with Gasteiger partial charge in [-0.05, 0) is 79.7 Å². The molecular formula is C30H24N2O8. The van der Waals surface area contributed by atoms with Crippen LogP contribution in [0.25, 0.3) is 0 Å². The minimum absolute atomic E-state index is 0.0999. The molecule has 0 aliphatic heterocycles. The monoisotopic (exact) mass is 540 g/mol. The van der Waals surface area contributed by atoms with Crippen LogP contribution in [-0.4, -0.2) is 41.0 Å². The molecule has 0 saturated heterocycles. The number of carboxylic acids is 2. The van der Waals surface area contributed by atoms with Crippen LogP contribution in [0.2, 0.25) is 0 Å². The summed E-state index contributed by atoms with van der Waals surface area (Å²) in [5.41, 5.74) is 0.745. The smallest absolute Gasteiger partial charge is 0.336 e. The van der Waals surface area contributed by atoms with Gasteiger partial charge in [0.2, 0.25) is 0 Å². The molecule has 2 amide bonds. The van der Waals surface area contributed by atoms with E-state index in [1.165, 1.54) is 43.4 Å². The van der Waals surface area contributed by atoms with Crippen LogP contribution in [0.15, 0.2) is 84.9 Å². The molecule has 4 aromatic carbocycles. The van der Waals surface area contributed by atoms with Crippen molar-refractivity contribution >= 4 is 29.4 Å². The van der Waals surface area contributed by atoms with Crippen LogP contribution >= 0.6 is 0 Å². The zero-order chi connectivity index (χ0) is 28.8. The molecule has 0 radical (unpaired) electrons. The highest BCUT2D eigenvalue weighted by molar-refractivity contribution is 6.11. The minimum Gasteiger partial charge on any atom is -0.478 e. The first-order valence-corrected chi connectivity index (χ1v) is 11.9. The van der Waals surface area contributed by atoms with Crippen LogP contribution in [0.4, 0.5) is 5.69 Å². The van der Waals surface area contributed by atoms with Crippen molar-refractivity contribution in [2.24, 2.45) is 0 Å². The third kappa shape index (κ3) is 6.43. The fraction of sp³-hybridized carbons (Fsp3) is 0.0667. The average Bonchev–Trinajstić information content (AvgIpc) is 2.94. The normalized spacial score (nSPS) is 10.3. The van der Waals surface area contributed by atoms with E-state index < -0.39 is 23.8 Å². The molecule has 0 atom stereocenters. The number of rotatable bonds is 9. The highest BCUT2D eigenvalue weighted by Gasteiger charge is 2.20. The number of nitrogens with one attached hydrogen (secondary N) is 2. The largest absolute Gasteiger partial charge is 0.478 e. The lowest BCUT2D eigenvalue weighted by Crippen LogP contribution is -2.21. The molecule has 40 heavy (non-hydrogen) atoms. The van der Waals surface area contributed by atoms with E-state index in [2.05, 4.69) is 10.6 Å². The quantitative estimate of drug-likeness (QED) is 0.215. The minimum atomic E-state index is -1.31. The van der Waals surface area contributed by atoms with Crippen LogP contribution in [0.3, 0.4) is 0 Å². The van der Waals surface area contributed by atoms with Crippen molar-refractivity contribution in [3.63, 3.8) is 0 Å². The molecule has 0 heterocycles. The number of carbonyl (C=O) groups excluding carboxylic acids is 2. The van der Waals surface area contributed by atoms with Gasteiger partial charge in [0, 0.05) is 12.7 Å². The summed E-state index contributed by atoms with van der Waals surface area (Å²) >= 11 is 0. The summed E-state index contributed by atoms with van der Waals surface area (Å²) in [5, 5.41) is 24.0. The Balaban J connectivity index is 1.54. The number of benzene rings is 4. The number of ether oxygens (including phenoxy) is 2. The number of anilines is 1. The molecule has 0 bridgehead atoms. The fourth-order valence-electron chi connectivity index (χ4n) is 3.74. The van der Waals surface area contributed by atoms with Crippen molar-refractivity contribution in [2.45, 2.75) is 6.92 Å². The Hall–Kier alpha value is -5.64. The number of amides is 2. The van der Waals surface area contributed by atoms with Gasteiger partial charge >= 0.3 is 11.9 Å². The zero-order valence-electron chi connectivity index (χ0n) is 21.4. The maximum Gasteiger partial charge on any atom is 0.336 e. The van der Waals surface area contributed by atoms with E-state index in [0.29, 0.717) is 17.2 Å². The third-order valence-electron chi connectivity index (χ3n) is 5.76. The summed E-state index contributed by atoms with van der Waals surface area (Å²) in [5.74, 6) is -2.50. The first kappa shape index (κ1) is 27.4. The van der Waals surface area contributed by atoms with E-state index in [0.717, 1.165) is 5.56 Å². The Morgan fingerprint density at radius 1 is 0.575 bits per heavy atom. The maximum absolute atomic E-state index is 13.1. The standard InChI is InChI=1S/C30H24N2O8/c1-17-3-7-19(8-4-17)39-20-9-5-18(6-10-20)32-28(34)26-16-22(12-14-24(26)30(37)38)40-21-11-13-23(29(35)36)25(15-21)27(33)31-2/h3-16H,1-2H3,(H,31,33)(H,32,34)(H,35,36)(H,37,38). The summed E-state index contributed by atoms with van der Waals surface area (Å²) in [6, 6.07) is 21.7. The van der Waals surface area contributed by atoms with E-state index in [9.17, 15) is 29.4 Å². The van der Waals surface area contributed by atoms with Crippen LogP contribution in [0.1, 0.15) is 47.0 Å². The number of aryl methyl sites for hydroxylation is 1. The predicted octanol–water partition coefficient (Wildman–Crippen LogP) is 5.59. The Kier molecular flexibility index (Phi) is 8.10.